The molecule has 1 atom stereocenters. The van der Waals surface area contributed by atoms with Crippen molar-refractivity contribution < 1.29 is 4.74 Å². The summed E-state index contributed by atoms with van der Waals surface area (Å²) in [4.78, 5) is 2.28. The standard InChI is InChI=1S/C44H79NO/c1-5-7-9-11-13-15-17-19-21-23-25-27-29-31-33-35-37-41-44(46-43-39-38-42-45(3)4)40-36-34-32-30-28-26-24-22-20-18-16-14-12-10-8-6-2/h8-11,14-17,20-23,44H,5-7,12-13,18-19,24-43H2,1-4H3/b10-8+,11-9+,16-14+,17-15+,22-20+,23-21+. The zero-order valence-electron chi connectivity index (χ0n) is 31.5. The number of rotatable bonds is 35. The van der Waals surface area contributed by atoms with Gasteiger partial charge in [-0.3, -0.25) is 0 Å². The van der Waals surface area contributed by atoms with Crippen molar-refractivity contribution in [3.05, 3.63) is 72.9 Å². The molecule has 0 heterocycles. The largest absolute Gasteiger partial charge is 0.378 e. The first kappa shape index (κ1) is 44.4. The van der Waals surface area contributed by atoms with Crippen LogP contribution < -0.4 is 0 Å². The summed E-state index contributed by atoms with van der Waals surface area (Å²) in [6.07, 6.45) is 59.8. The average molecular weight is 638 g/mol. The summed E-state index contributed by atoms with van der Waals surface area (Å²) < 4.78 is 6.43. The van der Waals surface area contributed by atoms with E-state index >= 15 is 0 Å². The molecule has 0 saturated heterocycles. The summed E-state index contributed by atoms with van der Waals surface area (Å²) >= 11 is 0. The number of unbranched alkanes of at least 4 members (excludes halogenated alkanes) is 14. The van der Waals surface area contributed by atoms with E-state index in [-0.39, 0.29) is 0 Å². The van der Waals surface area contributed by atoms with Crippen LogP contribution >= 0.6 is 0 Å². The molecule has 0 aromatic rings. The smallest absolute Gasteiger partial charge is 0.0575 e. The first-order chi connectivity index (χ1) is 22.7. The molecule has 0 aliphatic carbocycles. The Morgan fingerprint density at radius 1 is 0.435 bits per heavy atom. The predicted octanol–water partition coefficient (Wildman–Crippen LogP) is 14.1. The maximum Gasteiger partial charge on any atom is 0.0575 e. The predicted molar refractivity (Wildman–Crippen MR) is 210 cm³/mol. The van der Waals surface area contributed by atoms with Gasteiger partial charge in [0.15, 0.2) is 0 Å². The lowest BCUT2D eigenvalue weighted by atomic mass is 10.0. The van der Waals surface area contributed by atoms with Gasteiger partial charge in [0, 0.05) is 6.61 Å². The van der Waals surface area contributed by atoms with Gasteiger partial charge in [-0.2, -0.15) is 0 Å². The number of hydrogen-bond acceptors (Lipinski definition) is 2. The van der Waals surface area contributed by atoms with Crippen LogP contribution in [-0.2, 0) is 4.74 Å². The van der Waals surface area contributed by atoms with E-state index in [9.17, 15) is 0 Å². The summed E-state index contributed by atoms with van der Waals surface area (Å²) in [6.45, 7) is 6.52. The zero-order valence-corrected chi connectivity index (χ0v) is 31.5. The third-order valence-corrected chi connectivity index (χ3v) is 8.43. The van der Waals surface area contributed by atoms with Crippen LogP contribution in [0, 0.1) is 0 Å². The molecule has 2 nitrogen and oxygen atoms in total. The summed E-state index contributed by atoms with van der Waals surface area (Å²) in [5.74, 6) is 0. The molecule has 0 rings (SSSR count). The summed E-state index contributed by atoms with van der Waals surface area (Å²) in [6, 6.07) is 0. The van der Waals surface area contributed by atoms with Gasteiger partial charge in [0.05, 0.1) is 6.10 Å². The number of allylic oxidation sites excluding steroid dienone is 12. The van der Waals surface area contributed by atoms with Crippen LogP contribution in [0.25, 0.3) is 0 Å². The highest BCUT2D eigenvalue weighted by Gasteiger charge is 2.09. The molecule has 0 aliphatic rings. The molecule has 0 saturated carbocycles. The van der Waals surface area contributed by atoms with Gasteiger partial charge in [0.1, 0.15) is 0 Å². The van der Waals surface area contributed by atoms with Crippen molar-refractivity contribution in [1.82, 2.24) is 4.90 Å². The van der Waals surface area contributed by atoms with Crippen LogP contribution in [0.15, 0.2) is 72.9 Å². The highest BCUT2D eigenvalue weighted by atomic mass is 16.5. The number of nitrogens with zero attached hydrogens (tertiary/aromatic N) is 1. The quantitative estimate of drug-likeness (QED) is 0.0506. The van der Waals surface area contributed by atoms with Crippen LogP contribution in [0.5, 0.6) is 0 Å². The van der Waals surface area contributed by atoms with Crippen LogP contribution in [0.1, 0.15) is 174 Å². The molecule has 46 heavy (non-hydrogen) atoms. The van der Waals surface area contributed by atoms with Crippen LogP contribution in [0.2, 0.25) is 0 Å². The van der Waals surface area contributed by atoms with Gasteiger partial charge in [-0.1, -0.05) is 157 Å². The van der Waals surface area contributed by atoms with Crippen molar-refractivity contribution in [3.63, 3.8) is 0 Å². The van der Waals surface area contributed by atoms with E-state index in [1.165, 1.54) is 135 Å². The van der Waals surface area contributed by atoms with Gasteiger partial charge in [-0.05, 0) is 111 Å². The molecule has 1 unspecified atom stereocenters. The highest BCUT2D eigenvalue weighted by molar-refractivity contribution is 4.98. The Kier molecular flexibility index (Phi) is 38.1. The molecule has 0 fully saturated rings. The normalized spacial score (nSPS) is 13.5. The van der Waals surface area contributed by atoms with Crippen molar-refractivity contribution in [3.8, 4) is 0 Å². The van der Waals surface area contributed by atoms with Crippen molar-refractivity contribution in [2.45, 2.75) is 180 Å². The third-order valence-electron chi connectivity index (χ3n) is 8.43. The second-order valence-electron chi connectivity index (χ2n) is 13.4. The van der Waals surface area contributed by atoms with Crippen LogP contribution in [0.4, 0.5) is 0 Å². The fourth-order valence-corrected chi connectivity index (χ4v) is 5.54. The fraction of sp³-hybridized carbons (Fsp3) is 0.727. The molecule has 0 aliphatic heterocycles. The minimum Gasteiger partial charge on any atom is -0.378 e. The maximum absolute atomic E-state index is 6.43. The lowest BCUT2D eigenvalue weighted by Gasteiger charge is -2.18. The van der Waals surface area contributed by atoms with E-state index in [1.54, 1.807) is 0 Å². The number of ether oxygens (including phenoxy) is 1. The van der Waals surface area contributed by atoms with Gasteiger partial charge in [-0.15, -0.1) is 0 Å². The van der Waals surface area contributed by atoms with Crippen molar-refractivity contribution in [1.29, 1.82) is 0 Å². The van der Waals surface area contributed by atoms with Crippen molar-refractivity contribution in [2.24, 2.45) is 0 Å². The average Bonchev–Trinajstić information content (AvgIpc) is 3.05. The molecular weight excluding hydrogens is 558 g/mol. The van der Waals surface area contributed by atoms with Crippen LogP contribution in [-0.4, -0.2) is 38.3 Å². The monoisotopic (exact) mass is 638 g/mol. The van der Waals surface area contributed by atoms with E-state index < -0.39 is 0 Å². The fourth-order valence-electron chi connectivity index (χ4n) is 5.54. The molecule has 0 spiro atoms. The van der Waals surface area contributed by atoms with Gasteiger partial charge in [0.2, 0.25) is 0 Å². The van der Waals surface area contributed by atoms with E-state index in [0.717, 1.165) is 38.7 Å². The van der Waals surface area contributed by atoms with Gasteiger partial charge >= 0.3 is 0 Å². The Labute approximate surface area is 289 Å². The number of hydrogen-bond donors (Lipinski definition) is 0. The lowest BCUT2D eigenvalue weighted by Crippen LogP contribution is -2.16. The van der Waals surface area contributed by atoms with Crippen molar-refractivity contribution >= 4 is 0 Å². The Bertz CT molecular complexity index is 756. The van der Waals surface area contributed by atoms with Gasteiger partial charge < -0.3 is 9.64 Å². The van der Waals surface area contributed by atoms with E-state index in [2.05, 4.69) is 106 Å². The Morgan fingerprint density at radius 3 is 1.30 bits per heavy atom. The molecule has 0 aromatic heterocycles. The first-order valence-corrected chi connectivity index (χ1v) is 19.9. The second kappa shape index (κ2) is 39.5. The lowest BCUT2D eigenvalue weighted by molar-refractivity contribution is 0.0353. The summed E-state index contributed by atoms with van der Waals surface area (Å²) in [7, 11) is 4.33. The van der Waals surface area contributed by atoms with E-state index in [4.69, 9.17) is 4.74 Å². The Hall–Kier alpha value is -1.64. The van der Waals surface area contributed by atoms with Crippen LogP contribution in [0.3, 0.4) is 0 Å². The van der Waals surface area contributed by atoms with Crippen molar-refractivity contribution in [2.75, 3.05) is 27.2 Å². The zero-order chi connectivity index (χ0) is 33.4. The second-order valence-corrected chi connectivity index (χ2v) is 13.4. The van der Waals surface area contributed by atoms with E-state index in [0.29, 0.717) is 6.10 Å². The minimum absolute atomic E-state index is 0.479. The topological polar surface area (TPSA) is 12.5 Å². The van der Waals surface area contributed by atoms with Gasteiger partial charge in [0.25, 0.3) is 0 Å². The molecule has 0 radical (unpaired) electrons. The Balaban J connectivity index is 3.92. The highest BCUT2D eigenvalue weighted by Crippen LogP contribution is 2.18. The maximum atomic E-state index is 6.43. The van der Waals surface area contributed by atoms with Gasteiger partial charge in [-0.25, -0.2) is 0 Å². The molecule has 2 heteroatoms. The SMILES string of the molecule is CC/C=C/C/C=C/C/C=C/CCCCCCCCC(CCCCCCCC/C=C/C/C=C/C/C=C/CCC)OCCCCN(C)C. The molecule has 0 N–H and O–H groups in total. The minimum atomic E-state index is 0.479. The summed E-state index contributed by atoms with van der Waals surface area (Å²) in [5.41, 5.74) is 0. The Morgan fingerprint density at radius 2 is 0.848 bits per heavy atom. The third kappa shape index (κ3) is 38.5. The molecular formula is C44H79NO. The van der Waals surface area contributed by atoms with E-state index in [1.807, 2.05) is 0 Å². The first-order valence-electron chi connectivity index (χ1n) is 19.9. The molecule has 0 aromatic carbocycles. The summed E-state index contributed by atoms with van der Waals surface area (Å²) in [5, 5.41) is 0. The molecule has 266 valence electrons. The molecule has 0 amide bonds. The molecule has 0 bridgehead atoms.